The number of Topliss-reactive ketones (excluding diaryl/α,β-unsaturated/α-hetero) is 1. The van der Waals surface area contributed by atoms with Crippen molar-refractivity contribution in [2.24, 2.45) is 0 Å². The molecule has 0 bridgehead atoms. The van der Waals surface area contributed by atoms with Crippen LogP contribution in [0.15, 0.2) is 11.1 Å². The van der Waals surface area contributed by atoms with E-state index in [1.807, 2.05) is 6.92 Å². The van der Waals surface area contributed by atoms with Crippen molar-refractivity contribution in [3.8, 4) is 11.8 Å². The monoisotopic (exact) mass is 164 g/mol. The van der Waals surface area contributed by atoms with Gasteiger partial charge in [0.05, 0.1) is 6.61 Å². The lowest BCUT2D eigenvalue weighted by molar-refractivity contribution is -0.114. The first-order valence-electron chi connectivity index (χ1n) is 4.08. The maximum absolute atomic E-state index is 11.0. The molecular weight excluding hydrogens is 152 g/mol. The van der Waals surface area contributed by atoms with E-state index < -0.39 is 0 Å². The molecule has 0 fully saturated rings. The molecule has 0 aliphatic heterocycles. The van der Waals surface area contributed by atoms with Gasteiger partial charge < -0.3 is 5.11 Å². The van der Waals surface area contributed by atoms with Crippen LogP contribution in [0.25, 0.3) is 0 Å². The summed E-state index contributed by atoms with van der Waals surface area (Å²) in [6.45, 7) is 1.91. The molecule has 1 rings (SSSR count). The number of rotatable bonds is 1. The molecule has 1 N–H and O–H groups in total. The predicted octanol–water partition coefficient (Wildman–Crippen LogP) is 1.05. The zero-order valence-corrected chi connectivity index (χ0v) is 7.18. The molecule has 1 aliphatic carbocycles. The summed E-state index contributed by atoms with van der Waals surface area (Å²) < 4.78 is 0. The maximum Gasteiger partial charge on any atom is 0.159 e. The Kier molecular flexibility index (Phi) is 3.07. The van der Waals surface area contributed by atoms with Crippen molar-refractivity contribution in [3.63, 3.8) is 0 Å². The average Bonchev–Trinajstić information content (AvgIpc) is 2.36. The van der Waals surface area contributed by atoms with E-state index in [0.717, 1.165) is 17.6 Å². The van der Waals surface area contributed by atoms with Crippen molar-refractivity contribution >= 4 is 5.78 Å². The third-order valence-electron chi connectivity index (χ3n) is 1.95. The third kappa shape index (κ3) is 1.96. The molecule has 0 amide bonds. The van der Waals surface area contributed by atoms with Gasteiger partial charge in [-0.15, -0.1) is 0 Å². The van der Waals surface area contributed by atoms with Crippen molar-refractivity contribution in [1.29, 1.82) is 0 Å². The molecule has 0 saturated carbocycles. The summed E-state index contributed by atoms with van der Waals surface area (Å²) in [5.41, 5.74) is 1.76. The Morgan fingerprint density at radius 2 is 2.25 bits per heavy atom. The molecule has 0 aromatic heterocycles. The van der Waals surface area contributed by atoms with E-state index in [9.17, 15) is 4.79 Å². The normalized spacial score (nSPS) is 16.3. The standard InChI is InChI=1S/C10H12O2/c1-8-9(4-2-3-7-11)5-6-10(8)12/h11H,3,5-7H2,1H3. The van der Waals surface area contributed by atoms with Gasteiger partial charge in [0.15, 0.2) is 5.78 Å². The summed E-state index contributed by atoms with van der Waals surface area (Å²) in [6.07, 6.45) is 1.88. The molecule has 0 heterocycles. The second kappa shape index (κ2) is 4.08. The smallest absolute Gasteiger partial charge is 0.159 e. The van der Waals surface area contributed by atoms with Gasteiger partial charge in [0.1, 0.15) is 0 Å². The summed E-state index contributed by atoms with van der Waals surface area (Å²) in [5, 5.41) is 8.47. The lowest BCUT2D eigenvalue weighted by Gasteiger charge is -1.88. The quantitative estimate of drug-likeness (QED) is 0.588. The Bertz CT molecular complexity index is 276. The van der Waals surface area contributed by atoms with Crippen molar-refractivity contribution < 1.29 is 9.90 Å². The largest absolute Gasteiger partial charge is 0.395 e. The average molecular weight is 164 g/mol. The number of carbonyl (C=O) groups excluding carboxylic acids is 1. The van der Waals surface area contributed by atoms with E-state index in [0.29, 0.717) is 12.8 Å². The van der Waals surface area contributed by atoms with Crippen LogP contribution < -0.4 is 0 Å². The first-order valence-corrected chi connectivity index (χ1v) is 4.08. The molecule has 0 unspecified atom stereocenters. The van der Waals surface area contributed by atoms with Crippen LogP contribution in [-0.4, -0.2) is 17.5 Å². The van der Waals surface area contributed by atoms with Crippen LogP contribution >= 0.6 is 0 Å². The highest BCUT2D eigenvalue weighted by Crippen LogP contribution is 2.21. The summed E-state index contributed by atoms with van der Waals surface area (Å²) >= 11 is 0. The molecular formula is C10H12O2. The molecule has 0 radical (unpaired) electrons. The molecule has 0 aromatic carbocycles. The fourth-order valence-corrected chi connectivity index (χ4v) is 1.16. The number of allylic oxidation sites excluding steroid dienone is 2. The summed E-state index contributed by atoms with van der Waals surface area (Å²) in [7, 11) is 0. The highest BCUT2D eigenvalue weighted by Gasteiger charge is 2.16. The van der Waals surface area contributed by atoms with E-state index in [4.69, 9.17) is 5.11 Å². The van der Waals surface area contributed by atoms with Gasteiger partial charge in [-0.1, -0.05) is 11.8 Å². The van der Waals surface area contributed by atoms with E-state index in [-0.39, 0.29) is 12.4 Å². The number of hydrogen-bond donors (Lipinski definition) is 1. The van der Waals surface area contributed by atoms with Crippen LogP contribution in [0.5, 0.6) is 0 Å². The maximum atomic E-state index is 11.0. The second-order valence-electron chi connectivity index (χ2n) is 2.80. The van der Waals surface area contributed by atoms with Crippen molar-refractivity contribution in [2.75, 3.05) is 6.61 Å². The molecule has 1 aliphatic rings. The van der Waals surface area contributed by atoms with Gasteiger partial charge in [-0.25, -0.2) is 0 Å². The third-order valence-corrected chi connectivity index (χ3v) is 1.95. The Labute approximate surface area is 72.3 Å². The Morgan fingerprint density at radius 3 is 2.75 bits per heavy atom. The number of hydrogen-bond acceptors (Lipinski definition) is 2. The minimum absolute atomic E-state index is 0.0905. The Hall–Kier alpha value is -1.07. The van der Waals surface area contributed by atoms with Gasteiger partial charge in [0.2, 0.25) is 0 Å². The SMILES string of the molecule is CC1=C(C#CCCO)CCC1=O. The molecule has 2 nitrogen and oxygen atoms in total. The van der Waals surface area contributed by atoms with Gasteiger partial charge in [-0.3, -0.25) is 4.79 Å². The van der Waals surface area contributed by atoms with Crippen LogP contribution in [0.2, 0.25) is 0 Å². The van der Waals surface area contributed by atoms with Crippen LogP contribution in [0, 0.1) is 11.8 Å². The molecule has 0 atom stereocenters. The van der Waals surface area contributed by atoms with Crippen LogP contribution in [0.1, 0.15) is 26.2 Å². The first-order chi connectivity index (χ1) is 5.75. The highest BCUT2D eigenvalue weighted by atomic mass is 16.2. The highest BCUT2D eigenvalue weighted by molar-refractivity contribution is 5.99. The Morgan fingerprint density at radius 1 is 1.50 bits per heavy atom. The van der Waals surface area contributed by atoms with E-state index in [1.54, 1.807) is 0 Å². The van der Waals surface area contributed by atoms with E-state index >= 15 is 0 Å². The zero-order valence-electron chi connectivity index (χ0n) is 7.18. The second-order valence-corrected chi connectivity index (χ2v) is 2.80. The molecule has 0 saturated heterocycles. The lowest BCUT2D eigenvalue weighted by Crippen LogP contribution is -1.89. The Balaban J connectivity index is 2.66. The van der Waals surface area contributed by atoms with Gasteiger partial charge in [-0.05, 0) is 13.3 Å². The number of aliphatic hydroxyl groups is 1. The summed E-state index contributed by atoms with van der Waals surface area (Å²) in [5.74, 6) is 5.94. The van der Waals surface area contributed by atoms with Crippen molar-refractivity contribution in [2.45, 2.75) is 26.2 Å². The minimum atomic E-state index is 0.0905. The topological polar surface area (TPSA) is 37.3 Å². The number of aliphatic hydroxyl groups excluding tert-OH is 1. The fraction of sp³-hybridized carbons (Fsp3) is 0.500. The summed E-state index contributed by atoms with van der Waals surface area (Å²) in [4.78, 5) is 11.0. The molecule has 2 heteroatoms. The van der Waals surface area contributed by atoms with Crippen LogP contribution in [0.4, 0.5) is 0 Å². The first kappa shape index (κ1) is 9.02. The molecule has 12 heavy (non-hydrogen) atoms. The molecule has 64 valence electrons. The predicted molar refractivity (Wildman–Crippen MR) is 46.4 cm³/mol. The van der Waals surface area contributed by atoms with Gasteiger partial charge in [0.25, 0.3) is 0 Å². The number of carbonyl (C=O) groups is 1. The van der Waals surface area contributed by atoms with Gasteiger partial charge >= 0.3 is 0 Å². The molecule has 0 spiro atoms. The minimum Gasteiger partial charge on any atom is -0.395 e. The molecule has 0 aromatic rings. The van der Waals surface area contributed by atoms with Crippen LogP contribution in [0.3, 0.4) is 0 Å². The van der Waals surface area contributed by atoms with Crippen molar-refractivity contribution in [3.05, 3.63) is 11.1 Å². The van der Waals surface area contributed by atoms with E-state index in [2.05, 4.69) is 11.8 Å². The van der Waals surface area contributed by atoms with Gasteiger partial charge in [-0.2, -0.15) is 0 Å². The van der Waals surface area contributed by atoms with Crippen LogP contribution in [-0.2, 0) is 4.79 Å². The lowest BCUT2D eigenvalue weighted by atomic mass is 10.2. The van der Waals surface area contributed by atoms with Gasteiger partial charge in [0, 0.05) is 24.0 Å². The van der Waals surface area contributed by atoms with Crippen molar-refractivity contribution in [1.82, 2.24) is 0 Å². The fourth-order valence-electron chi connectivity index (χ4n) is 1.16. The number of ketones is 1. The van der Waals surface area contributed by atoms with E-state index in [1.165, 1.54) is 0 Å². The summed E-state index contributed by atoms with van der Waals surface area (Å²) in [6, 6.07) is 0. The zero-order chi connectivity index (χ0) is 8.97.